The van der Waals surface area contributed by atoms with Gasteiger partial charge in [-0.15, -0.1) is 0 Å². The second-order valence-corrected chi connectivity index (χ2v) is 4.33. The van der Waals surface area contributed by atoms with Gasteiger partial charge < -0.3 is 17.4 Å². The molecule has 0 aliphatic heterocycles. The number of aromatic nitrogens is 2. The molecule has 4 nitrogen and oxygen atoms in total. The van der Waals surface area contributed by atoms with Gasteiger partial charge in [-0.05, 0) is 6.07 Å². The van der Waals surface area contributed by atoms with Gasteiger partial charge in [0.2, 0.25) is 0 Å². The van der Waals surface area contributed by atoms with Crippen molar-refractivity contribution in [2.24, 2.45) is 0 Å². The summed E-state index contributed by atoms with van der Waals surface area (Å²) >= 11 is 11.1. The third-order valence-electron chi connectivity index (χ3n) is 2.43. The number of nitrogens with zero attached hydrogens (tertiary/aromatic N) is 2. The van der Waals surface area contributed by atoms with Crippen molar-refractivity contribution < 1.29 is 34.3 Å². The van der Waals surface area contributed by atoms with Crippen LogP contribution in [0.3, 0.4) is 0 Å². The van der Waals surface area contributed by atoms with E-state index in [0.29, 0.717) is 34.0 Å². The second-order valence-electron chi connectivity index (χ2n) is 3.51. The zero-order valence-corrected chi connectivity index (χ0v) is 13.7. The number of fused-ring (bicyclic) bond motifs is 1. The molecular weight excluding hydrogens is 283 g/mol. The maximum Gasteiger partial charge on any atom is 1.00 e. The van der Waals surface area contributed by atoms with Crippen LogP contribution in [-0.2, 0) is 23.9 Å². The standard InChI is InChI=1S/C11H11ClN2O2S.Na/c1-16-5-4-14-6-13-7-2-3-8(17)10(12)9(7)11(14)15;/h2-3,6,17H,4-5H2,1H3;/q;+1/p-1. The van der Waals surface area contributed by atoms with Gasteiger partial charge in [0.05, 0.1) is 30.4 Å². The minimum absolute atomic E-state index is 0. The first-order valence-corrected chi connectivity index (χ1v) is 5.77. The fourth-order valence-electron chi connectivity index (χ4n) is 1.53. The van der Waals surface area contributed by atoms with Crippen molar-refractivity contribution in [2.45, 2.75) is 11.4 Å². The van der Waals surface area contributed by atoms with E-state index in [4.69, 9.17) is 29.0 Å². The smallest absolute Gasteiger partial charge is 0.778 e. The molecule has 1 aromatic heterocycles. The fourth-order valence-corrected chi connectivity index (χ4v) is 1.95. The van der Waals surface area contributed by atoms with Gasteiger partial charge in [-0.2, -0.15) is 4.90 Å². The molecular formula is C11H10ClN2NaO2S. The Labute approximate surface area is 137 Å². The van der Waals surface area contributed by atoms with Gasteiger partial charge in [-0.25, -0.2) is 4.98 Å². The first-order chi connectivity index (χ1) is 8.15. The average Bonchev–Trinajstić information content (AvgIpc) is 2.33. The van der Waals surface area contributed by atoms with Crippen LogP contribution in [0.4, 0.5) is 0 Å². The van der Waals surface area contributed by atoms with E-state index in [1.54, 1.807) is 19.2 Å². The van der Waals surface area contributed by atoms with Crippen molar-refractivity contribution in [3.05, 3.63) is 33.8 Å². The fraction of sp³-hybridized carbons (Fsp3) is 0.273. The number of halogens is 1. The maximum atomic E-state index is 12.1. The second kappa shape index (κ2) is 6.84. The predicted molar refractivity (Wildman–Crippen MR) is 68.5 cm³/mol. The number of methoxy groups -OCH3 is 1. The molecule has 0 saturated heterocycles. The third-order valence-corrected chi connectivity index (χ3v) is 3.28. The quantitative estimate of drug-likeness (QED) is 0.516. The maximum absolute atomic E-state index is 12.1. The molecule has 0 saturated carbocycles. The molecule has 0 atom stereocenters. The first-order valence-electron chi connectivity index (χ1n) is 4.98. The Kier molecular flexibility index (Phi) is 6.04. The van der Waals surface area contributed by atoms with Crippen molar-refractivity contribution in [1.29, 1.82) is 0 Å². The Balaban J connectivity index is 0.00000162. The van der Waals surface area contributed by atoms with Crippen LogP contribution in [-0.4, -0.2) is 23.3 Å². The minimum Gasteiger partial charge on any atom is -0.778 e. The topological polar surface area (TPSA) is 44.1 Å². The van der Waals surface area contributed by atoms with Gasteiger partial charge in [0, 0.05) is 12.1 Å². The normalized spacial score (nSPS) is 10.3. The van der Waals surface area contributed by atoms with E-state index in [1.807, 2.05) is 0 Å². The SMILES string of the molecule is COCCn1cnc2ccc([S-])c(Cl)c2c1=O.[Na+]. The van der Waals surface area contributed by atoms with Crippen LogP contribution in [0.5, 0.6) is 0 Å². The molecule has 7 heteroatoms. The number of hydrogen-bond donors (Lipinski definition) is 0. The Morgan fingerprint density at radius 1 is 1.50 bits per heavy atom. The summed E-state index contributed by atoms with van der Waals surface area (Å²) in [6.07, 6.45) is 1.49. The monoisotopic (exact) mass is 292 g/mol. The van der Waals surface area contributed by atoms with Gasteiger partial charge in [-0.1, -0.05) is 17.7 Å². The molecule has 1 heterocycles. The number of benzene rings is 1. The van der Waals surface area contributed by atoms with Gasteiger partial charge in [0.15, 0.2) is 0 Å². The summed E-state index contributed by atoms with van der Waals surface area (Å²) in [5.74, 6) is 0. The molecule has 0 spiro atoms. The molecule has 90 valence electrons. The number of hydrogen-bond acceptors (Lipinski definition) is 4. The number of ether oxygens (including phenoxy) is 1. The van der Waals surface area contributed by atoms with Crippen molar-refractivity contribution in [3.63, 3.8) is 0 Å². The van der Waals surface area contributed by atoms with Gasteiger partial charge >= 0.3 is 29.6 Å². The van der Waals surface area contributed by atoms with Crippen LogP contribution >= 0.6 is 11.6 Å². The van der Waals surface area contributed by atoms with Gasteiger partial charge in [0.1, 0.15) is 0 Å². The van der Waals surface area contributed by atoms with E-state index in [0.717, 1.165) is 0 Å². The Bertz CT molecular complexity index is 618. The zero-order valence-electron chi connectivity index (χ0n) is 10.1. The summed E-state index contributed by atoms with van der Waals surface area (Å²) < 4.78 is 6.39. The molecule has 0 bridgehead atoms. The van der Waals surface area contributed by atoms with Crippen LogP contribution in [0, 0.1) is 0 Å². The summed E-state index contributed by atoms with van der Waals surface area (Å²) in [6.45, 7) is 0.883. The summed E-state index contributed by atoms with van der Waals surface area (Å²) in [6, 6.07) is 3.37. The third kappa shape index (κ3) is 3.04. The van der Waals surface area contributed by atoms with E-state index in [1.165, 1.54) is 10.9 Å². The molecule has 0 unspecified atom stereocenters. The van der Waals surface area contributed by atoms with Gasteiger partial charge in [-0.3, -0.25) is 9.36 Å². The Morgan fingerprint density at radius 3 is 2.89 bits per heavy atom. The molecule has 0 aliphatic rings. The van der Waals surface area contributed by atoms with Crippen LogP contribution in [0.2, 0.25) is 5.02 Å². The molecule has 2 aromatic rings. The molecule has 0 amide bonds. The summed E-state index contributed by atoms with van der Waals surface area (Å²) in [5.41, 5.74) is 0.367. The summed E-state index contributed by atoms with van der Waals surface area (Å²) in [7, 11) is 1.58. The molecule has 0 aliphatic carbocycles. The van der Waals surface area contributed by atoms with Crippen LogP contribution in [0.25, 0.3) is 10.9 Å². The van der Waals surface area contributed by atoms with E-state index in [-0.39, 0.29) is 35.1 Å². The van der Waals surface area contributed by atoms with Gasteiger partial charge in [0.25, 0.3) is 5.56 Å². The van der Waals surface area contributed by atoms with Crippen LogP contribution in [0.1, 0.15) is 0 Å². The molecule has 2 rings (SSSR count). The van der Waals surface area contributed by atoms with E-state index >= 15 is 0 Å². The Morgan fingerprint density at radius 2 is 2.22 bits per heavy atom. The summed E-state index contributed by atoms with van der Waals surface area (Å²) in [4.78, 5) is 16.8. The zero-order chi connectivity index (χ0) is 12.4. The molecule has 0 fully saturated rings. The predicted octanol–water partition coefficient (Wildman–Crippen LogP) is -1.39. The van der Waals surface area contributed by atoms with Crippen molar-refractivity contribution in [3.8, 4) is 0 Å². The first kappa shape index (κ1) is 15.9. The minimum atomic E-state index is -0.191. The van der Waals surface area contributed by atoms with E-state index < -0.39 is 0 Å². The van der Waals surface area contributed by atoms with Crippen molar-refractivity contribution >= 4 is 35.1 Å². The van der Waals surface area contributed by atoms with Crippen LogP contribution < -0.4 is 35.1 Å². The Hall–Kier alpha value is -0.170. The molecule has 0 radical (unpaired) electrons. The average molecular weight is 293 g/mol. The van der Waals surface area contributed by atoms with Crippen LogP contribution in [0.15, 0.2) is 28.2 Å². The molecule has 18 heavy (non-hydrogen) atoms. The largest absolute Gasteiger partial charge is 1.00 e. The van der Waals surface area contributed by atoms with E-state index in [2.05, 4.69) is 4.98 Å². The van der Waals surface area contributed by atoms with Crippen molar-refractivity contribution in [1.82, 2.24) is 9.55 Å². The summed E-state index contributed by atoms with van der Waals surface area (Å²) in [5, 5.41) is 0.666. The number of rotatable bonds is 3. The van der Waals surface area contributed by atoms with Crippen molar-refractivity contribution in [2.75, 3.05) is 13.7 Å². The van der Waals surface area contributed by atoms with E-state index in [9.17, 15) is 4.79 Å². The molecule has 0 N–H and O–H groups in total. The molecule has 1 aromatic carbocycles.